The lowest BCUT2D eigenvalue weighted by molar-refractivity contribution is -0.385. The van der Waals surface area contributed by atoms with Crippen LogP contribution in [0.1, 0.15) is 22.1 Å². The number of halogens is 1. The summed E-state index contributed by atoms with van der Waals surface area (Å²) in [4.78, 5) is 26.8. The van der Waals surface area contributed by atoms with Gasteiger partial charge in [0.2, 0.25) is 5.75 Å². The Balaban J connectivity index is 1.78. The number of esters is 1. The van der Waals surface area contributed by atoms with Crippen LogP contribution >= 0.6 is 11.6 Å². The van der Waals surface area contributed by atoms with Crippen LogP contribution in [0.25, 0.3) is 0 Å². The molecule has 0 radical (unpaired) electrons. The normalized spacial score (nSPS) is 10.4. The third-order valence-corrected chi connectivity index (χ3v) is 3.87. The number of nitrogens with zero attached hydrogens (tertiary/aromatic N) is 3. The maximum Gasteiger partial charge on any atom is 0.338 e. The van der Waals surface area contributed by atoms with Crippen LogP contribution in [-0.4, -0.2) is 28.1 Å². The molecule has 0 fully saturated rings. The number of ether oxygens (including phenoxy) is 3. The predicted molar refractivity (Wildman–Crippen MR) is 99.3 cm³/mol. The van der Waals surface area contributed by atoms with Crippen LogP contribution in [-0.2, 0) is 11.3 Å². The summed E-state index contributed by atoms with van der Waals surface area (Å²) in [5, 5.41) is 15.0. The lowest BCUT2D eigenvalue weighted by atomic mass is 10.2. The van der Waals surface area contributed by atoms with Gasteiger partial charge in [0, 0.05) is 11.1 Å². The Bertz CT molecular complexity index is 1070. The van der Waals surface area contributed by atoms with Gasteiger partial charge in [-0.3, -0.25) is 10.1 Å². The molecule has 0 aliphatic carbocycles. The molecule has 29 heavy (non-hydrogen) atoms. The fourth-order valence-electron chi connectivity index (χ4n) is 2.33. The molecule has 10 nitrogen and oxygen atoms in total. The third kappa shape index (κ3) is 4.79. The average Bonchev–Trinajstić information content (AvgIpc) is 3.12. The summed E-state index contributed by atoms with van der Waals surface area (Å²) in [6.45, 7) is 1.46. The number of carbonyl (C=O) groups is 1. The van der Waals surface area contributed by atoms with E-state index in [9.17, 15) is 14.9 Å². The molecule has 3 rings (SSSR count). The monoisotopic (exact) mass is 419 g/mol. The number of nitro benzene ring substituents is 1. The first kappa shape index (κ1) is 20.1. The van der Waals surface area contributed by atoms with E-state index in [1.54, 1.807) is 6.92 Å². The van der Waals surface area contributed by atoms with Gasteiger partial charge >= 0.3 is 11.7 Å². The lowest BCUT2D eigenvalue weighted by Gasteiger charge is -2.12. The molecule has 0 spiro atoms. The number of rotatable bonds is 7. The first-order chi connectivity index (χ1) is 13.9. The topological polar surface area (TPSA) is 127 Å². The van der Waals surface area contributed by atoms with Crippen LogP contribution in [0.15, 0.2) is 40.9 Å². The van der Waals surface area contributed by atoms with Crippen LogP contribution in [0.3, 0.4) is 0 Å². The quantitative estimate of drug-likeness (QED) is 0.316. The van der Waals surface area contributed by atoms with Crippen molar-refractivity contribution >= 4 is 23.3 Å². The minimum atomic E-state index is -0.650. The van der Waals surface area contributed by atoms with Crippen LogP contribution in [0.4, 0.5) is 5.69 Å². The molecule has 0 saturated carbocycles. The zero-order valence-electron chi connectivity index (χ0n) is 15.2. The fraction of sp³-hybridized carbons (Fsp3) is 0.167. The number of aryl methyl sites for hydroxylation is 1. The van der Waals surface area contributed by atoms with E-state index in [2.05, 4.69) is 10.1 Å². The molecule has 0 amide bonds. The molecule has 150 valence electrons. The molecule has 0 N–H and O–H groups in total. The third-order valence-electron chi connectivity index (χ3n) is 3.63. The second-order valence-corrected chi connectivity index (χ2v) is 6.08. The van der Waals surface area contributed by atoms with E-state index >= 15 is 0 Å². The van der Waals surface area contributed by atoms with Gasteiger partial charge in [0.1, 0.15) is 0 Å². The summed E-state index contributed by atoms with van der Waals surface area (Å²) >= 11 is 5.80. The molecule has 0 saturated heterocycles. The van der Waals surface area contributed by atoms with Crippen molar-refractivity contribution < 1.29 is 28.5 Å². The fourth-order valence-corrected chi connectivity index (χ4v) is 2.49. The molecule has 3 aromatic rings. The highest BCUT2D eigenvalue weighted by Gasteiger charge is 2.19. The van der Waals surface area contributed by atoms with Crippen LogP contribution in [0, 0.1) is 17.0 Å². The number of aromatic nitrogens is 2. The maximum atomic E-state index is 12.2. The number of hydrogen-bond donors (Lipinski definition) is 0. The molecular formula is C18H14ClN3O7. The highest BCUT2D eigenvalue weighted by molar-refractivity contribution is 6.30. The molecule has 0 unspecified atom stereocenters. The van der Waals surface area contributed by atoms with Gasteiger partial charge in [0.25, 0.3) is 5.89 Å². The van der Waals surface area contributed by atoms with Crippen molar-refractivity contribution in [2.45, 2.75) is 13.5 Å². The van der Waals surface area contributed by atoms with E-state index < -0.39 is 10.9 Å². The van der Waals surface area contributed by atoms with E-state index in [1.807, 2.05) is 0 Å². The van der Waals surface area contributed by atoms with Crippen molar-refractivity contribution in [1.82, 2.24) is 10.1 Å². The molecule has 0 aliphatic rings. The number of carbonyl (C=O) groups excluding carboxylic acids is 1. The van der Waals surface area contributed by atoms with E-state index in [4.69, 9.17) is 30.3 Å². The zero-order valence-corrected chi connectivity index (χ0v) is 16.0. The predicted octanol–water partition coefficient (Wildman–Crippen LogP) is 4.10. The molecule has 11 heteroatoms. The van der Waals surface area contributed by atoms with Gasteiger partial charge in [-0.25, -0.2) is 4.79 Å². The summed E-state index contributed by atoms with van der Waals surface area (Å²) in [6.07, 6.45) is 0. The Morgan fingerprint density at radius 1 is 1.21 bits per heavy atom. The van der Waals surface area contributed by atoms with Crippen molar-refractivity contribution in [3.05, 3.63) is 68.8 Å². The van der Waals surface area contributed by atoms with Gasteiger partial charge in [0.15, 0.2) is 23.9 Å². The number of benzene rings is 2. The Morgan fingerprint density at radius 2 is 1.97 bits per heavy atom. The first-order valence-electron chi connectivity index (χ1n) is 8.13. The highest BCUT2D eigenvalue weighted by atomic mass is 35.5. The second-order valence-electron chi connectivity index (χ2n) is 5.65. The molecule has 0 atom stereocenters. The average molecular weight is 420 g/mol. The van der Waals surface area contributed by atoms with E-state index in [0.29, 0.717) is 5.82 Å². The zero-order chi connectivity index (χ0) is 21.0. The van der Waals surface area contributed by atoms with Crippen molar-refractivity contribution in [2.75, 3.05) is 7.11 Å². The van der Waals surface area contributed by atoms with Gasteiger partial charge in [-0.05, 0) is 37.3 Å². The minimum absolute atomic E-state index is 0.0280. The van der Waals surface area contributed by atoms with Gasteiger partial charge in [-0.15, -0.1) is 0 Å². The highest BCUT2D eigenvalue weighted by Crippen LogP contribution is 2.38. The van der Waals surface area contributed by atoms with E-state index in [0.717, 1.165) is 0 Å². The van der Waals surface area contributed by atoms with Crippen LogP contribution < -0.4 is 9.47 Å². The van der Waals surface area contributed by atoms with Crippen LogP contribution in [0.5, 0.6) is 17.2 Å². The maximum absolute atomic E-state index is 12.2. The Hall–Kier alpha value is -3.66. The van der Waals surface area contributed by atoms with E-state index in [-0.39, 0.29) is 46.0 Å². The van der Waals surface area contributed by atoms with Crippen LogP contribution in [0.2, 0.25) is 5.02 Å². The summed E-state index contributed by atoms with van der Waals surface area (Å²) in [5.41, 5.74) is -0.131. The Kier molecular flexibility index (Phi) is 5.93. The molecule has 1 aromatic heterocycles. The SMILES string of the molecule is COc1cc(C(=O)OCc2nc(C)no2)ccc1Oc1ccc(Cl)cc1[N+](=O)[O-]. The number of nitro groups is 1. The van der Waals surface area contributed by atoms with Crippen molar-refractivity contribution in [3.63, 3.8) is 0 Å². The van der Waals surface area contributed by atoms with Gasteiger partial charge < -0.3 is 18.7 Å². The Morgan fingerprint density at radius 3 is 2.62 bits per heavy atom. The summed E-state index contributed by atoms with van der Waals surface area (Å²) in [6, 6.07) is 8.26. The molecule has 2 aromatic carbocycles. The summed E-state index contributed by atoms with van der Waals surface area (Å²) in [7, 11) is 1.37. The molecule has 0 aliphatic heterocycles. The molecular weight excluding hydrogens is 406 g/mol. The molecule has 0 bridgehead atoms. The summed E-state index contributed by atoms with van der Waals surface area (Å²) in [5.74, 6) is 0.260. The lowest BCUT2D eigenvalue weighted by Crippen LogP contribution is -2.06. The Labute approximate surface area is 169 Å². The van der Waals surface area contributed by atoms with Crippen molar-refractivity contribution in [2.24, 2.45) is 0 Å². The standard InChI is InChI=1S/C18H14ClN3O7/c1-10-20-17(29-21-10)9-27-18(23)11-3-5-15(16(7-11)26-2)28-14-6-4-12(19)8-13(14)22(24)25/h3-8H,9H2,1-2H3. The van der Waals surface area contributed by atoms with Gasteiger partial charge in [-0.1, -0.05) is 16.8 Å². The van der Waals surface area contributed by atoms with Gasteiger partial charge in [-0.2, -0.15) is 4.98 Å². The minimum Gasteiger partial charge on any atom is -0.493 e. The number of methoxy groups -OCH3 is 1. The van der Waals surface area contributed by atoms with Gasteiger partial charge in [0.05, 0.1) is 17.6 Å². The molecule has 1 heterocycles. The number of hydrogen-bond acceptors (Lipinski definition) is 9. The first-order valence-corrected chi connectivity index (χ1v) is 8.51. The van der Waals surface area contributed by atoms with E-state index in [1.165, 1.54) is 43.5 Å². The largest absolute Gasteiger partial charge is 0.493 e. The smallest absolute Gasteiger partial charge is 0.338 e. The van der Waals surface area contributed by atoms with Crippen molar-refractivity contribution in [1.29, 1.82) is 0 Å². The second kappa shape index (κ2) is 8.57. The van der Waals surface area contributed by atoms with Crippen molar-refractivity contribution in [3.8, 4) is 17.2 Å². The summed E-state index contributed by atoms with van der Waals surface area (Å²) < 4.78 is 20.8.